The molecule has 102 valence electrons. The smallest absolute Gasteiger partial charge is 0.270 e. The summed E-state index contributed by atoms with van der Waals surface area (Å²) in [5, 5.41) is 19.4. The number of rotatable bonds is 6. The topological polar surface area (TPSA) is 70.2 Å². The number of hydrogen-bond donors (Lipinski definition) is 0. The summed E-state index contributed by atoms with van der Waals surface area (Å²) in [5.41, 5.74) is 0.940. The quantitative estimate of drug-likeness (QED) is 0.590. The normalized spacial score (nSPS) is 10.3. The molecule has 1 aromatic carbocycles. The van der Waals surface area contributed by atoms with Crippen LogP contribution in [0.1, 0.15) is 20.3 Å². The number of nitro groups is 1. The van der Waals surface area contributed by atoms with E-state index in [-0.39, 0.29) is 5.69 Å². The second-order valence-electron chi connectivity index (χ2n) is 4.64. The Morgan fingerprint density at radius 1 is 1.53 bits per heavy atom. The molecule has 19 heavy (non-hydrogen) atoms. The van der Waals surface area contributed by atoms with Crippen molar-refractivity contribution in [1.29, 1.82) is 5.26 Å². The Labute approximate surface area is 121 Å². The number of hydrogen-bond acceptors (Lipinski definition) is 4. The van der Waals surface area contributed by atoms with E-state index in [0.29, 0.717) is 23.4 Å². The predicted octanol–water partition coefficient (Wildman–Crippen LogP) is 3.73. The van der Waals surface area contributed by atoms with E-state index in [0.717, 1.165) is 12.2 Å². The van der Waals surface area contributed by atoms with Gasteiger partial charge in [-0.15, -0.1) is 0 Å². The van der Waals surface area contributed by atoms with Crippen molar-refractivity contribution in [3.8, 4) is 6.07 Å². The molecule has 0 unspecified atom stereocenters. The van der Waals surface area contributed by atoms with Crippen LogP contribution < -0.4 is 4.90 Å². The summed E-state index contributed by atoms with van der Waals surface area (Å²) in [6, 6.07) is 6.83. The average molecular weight is 326 g/mol. The first-order valence-corrected chi connectivity index (χ1v) is 6.80. The summed E-state index contributed by atoms with van der Waals surface area (Å²) >= 11 is 3.37. The standard InChI is InChI=1S/C13H16BrN3O2/c1-10(2)9-16(7-3-6-15)13-5-4-11(17(18)19)8-12(13)14/h4-5,8,10H,3,7,9H2,1-2H3. The second kappa shape index (κ2) is 7.10. The molecule has 5 nitrogen and oxygen atoms in total. The molecule has 0 aromatic heterocycles. The van der Waals surface area contributed by atoms with Gasteiger partial charge < -0.3 is 4.90 Å². The number of non-ortho nitro benzene ring substituents is 1. The minimum absolute atomic E-state index is 0.0559. The van der Waals surface area contributed by atoms with Crippen LogP contribution in [-0.2, 0) is 0 Å². The van der Waals surface area contributed by atoms with E-state index >= 15 is 0 Å². The highest BCUT2D eigenvalue weighted by Crippen LogP contribution is 2.30. The number of nitriles is 1. The van der Waals surface area contributed by atoms with E-state index in [2.05, 4.69) is 40.7 Å². The van der Waals surface area contributed by atoms with Gasteiger partial charge in [0.25, 0.3) is 5.69 Å². The molecule has 1 aromatic rings. The molecule has 0 bridgehead atoms. The lowest BCUT2D eigenvalue weighted by molar-refractivity contribution is -0.384. The van der Waals surface area contributed by atoms with Crippen LogP contribution in [0.4, 0.5) is 11.4 Å². The first-order chi connectivity index (χ1) is 8.95. The van der Waals surface area contributed by atoms with Crippen molar-refractivity contribution < 1.29 is 4.92 Å². The minimum Gasteiger partial charge on any atom is -0.369 e. The number of halogens is 1. The molecule has 0 aliphatic heterocycles. The lowest BCUT2D eigenvalue weighted by atomic mass is 10.1. The van der Waals surface area contributed by atoms with E-state index in [9.17, 15) is 10.1 Å². The number of nitrogens with zero attached hydrogens (tertiary/aromatic N) is 3. The van der Waals surface area contributed by atoms with Gasteiger partial charge in [0.2, 0.25) is 0 Å². The van der Waals surface area contributed by atoms with Crippen LogP contribution in [0.15, 0.2) is 22.7 Å². The van der Waals surface area contributed by atoms with Crippen molar-refractivity contribution >= 4 is 27.3 Å². The van der Waals surface area contributed by atoms with Gasteiger partial charge in [0.1, 0.15) is 0 Å². The Kier molecular flexibility index (Phi) is 5.77. The third-order valence-corrected chi connectivity index (χ3v) is 3.20. The Morgan fingerprint density at radius 2 is 2.21 bits per heavy atom. The molecule has 0 aliphatic rings. The van der Waals surface area contributed by atoms with Gasteiger partial charge in [0.15, 0.2) is 0 Å². The van der Waals surface area contributed by atoms with Gasteiger partial charge in [-0.25, -0.2) is 0 Å². The van der Waals surface area contributed by atoms with Crippen molar-refractivity contribution in [1.82, 2.24) is 0 Å². The van der Waals surface area contributed by atoms with Crippen LogP contribution in [0.3, 0.4) is 0 Å². The zero-order valence-electron chi connectivity index (χ0n) is 11.0. The van der Waals surface area contributed by atoms with Crippen LogP contribution in [0.5, 0.6) is 0 Å². The summed E-state index contributed by atoms with van der Waals surface area (Å²) in [6.45, 7) is 5.61. The van der Waals surface area contributed by atoms with E-state index in [4.69, 9.17) is 5.26 Å². The number of benzene rings is 1. The molecule has 0 saturated carbocycles. The van der Waals surface area contributed by atoms with Crippen LogP contribution in [0.2, 0.25) is 0 Å². The second-order valence-corrected chi connectivity index (χ2v) is 5.50. The van der Waals surface area contributed by atoms with Gasteiger partial charge >= 0.3 is 0 Å². The molecule has 0 N–H and O–H groups in total. The van der Waals surface area contributed by atoms with E-state index < -0.39 is 4.92 Å². The maximum atomic E-state index is 10.7. The summed E-state index contributed by atoms with van der Waals surface area (Å²) in [4.78, 5) is 12.4. The summed E-state index contributed by atoms with van der Waals surface area (Å²) < 4.78 is 0.681. The molecule has 0 atom stereocenters. The van der Waals surface area contributed by atoms with E-state index in [1.54, 1.807) is 6.07 Å². The molecule has 0 spiro atoms. The van der Waals surface area contributed by atoms with Crippen molar-refractivity contribution in [2.75, 3.05) is 18.0 Å². The summed E-state index contributed by atoms with van der Waals surface area (Å²) in [7, 11) is 0. The fourth-order valence-electron chi connectivity index (χ4n) is 1.80. The molecular formula is C13H16BrN3O2. The van der Waals surface area contributed by atoms with Crippen LogP contribution in [-0.4, -0.2) is 18.0 Å². The first-order valence-electron chi connectivity index (χ1n) is 6.01. The van der Waals surface area contributed by atoms with Crippen LogP contribution in [0, 0.1) is 27.4 Å². The minimum atomic E-state index is -0.420. The zero-order valence-corrected chi connectivity index (χ0v) is 12.6. The third kappa shape index (κ3) is 4.52. The largest absolute Gasteiger partial charge is 0.369 e. The molecule has 0 saturated heterocycles. The maximum absolute atomic E-state index is 10.7. The lowest BCUT2D eigenvalue weighted by Gasteiger charge is -2.26. The SMILES string of the molecule is CC(C)CN(CCC#N)c1ccc([N+](=O)[O-])cc1Br. The average Bonchev–Trinajstić information content (AvgIpc) is 2.34. The molecule has 0 heterocycles. The van der Waals surface area contributed by atoms with Gasteiger partial charge in [-0.3, -0.25) is 10.1 Å². The summed E-state index contributed by atoms with van der Waals surface area (Å²) in [5.74, 6) is 0.445. The first kappa shape index (κ1) is 15.4. The van der Waals surface area contributed by atoms with Gasteiger partial charge in [-0.05, 0) is 27.9 Å². The third-order valence-electron chi connectivity index (χ3n) is 2.56. The van der Waals surface area contributed by atoms with Gasteiger partial charge in [0.05, 0.1) is 23.1 Å². The Morgan fingerprint density at radius 3 is 2.68 bits per heavy atom. The van der Waals surface area contributed by atoms with Gasteiger partial charge in [-0.1, -0.05) is 13.8 Å². The van der Waals surface area contributed by atoms with Crippen molar-refractivity contribution in [3.63, 3.8) is 0 Å². The summed E-state index contributed by atoms with van der Waals surface area (Å²) in [6.07, 6.45) is 0.427. The van der Waals surface area contributed by atoms with E-state index in [1.807, 2.05) is 0 Å². The van der Waals surface area contributed by atoms with Gasteiger partial charge in [0, 0.05) is 29.7 Å². The lowest BCUT2D eigenvalue weighted by Crippen LogP contribution is -2.28. The fourth-order valence-corrected chi connectivity index (χ4v) is 2.42. The highest BCUT2D eigenvalue weighted by atomic mass is 79.9. The number of anilines is 1. The molecule has 0 fully saturated rings. The molecule has 0 radical (unpaired) electrons. The zero-order chi connectivity index (χ0) is 14.4. The number of nitro benzene ring substituents is 1. The van der Waals surface area contributed by atoms with Crippen molar-refractivity contribution in [3.05, 3.63) is 32.8 Å². The molecule has 0 aliphatic carbocycles. The molecule has 0 amide bonds. The highest BCUT2D eigenvalue weighted by molar-refractivity contribution is 9.10. The van der Waals surface area contributed by atoms with Crippen LogP contribution in [0.25, 0.3) is 0 Å². The monoisotopic (exact) mass is 325 g/mol. The maximum Gasteiger partial charge on any atom is 0.270 e. The van der Waals surface area contributed by atoms with Crippen molar-refractivity contribution in [2.24, 2.45) is 5.92 Å². The fraction of sp³-hybridized carbons (Fsp3) is 0.462. The van der Waals surface area contributed by atoms with Gasteiger partial charge in [-0.2, -0.15) is 5.26 Å². The highest BCUT2D eigenvalue weighted by Gasteiger charge is 2.15. The van der Waals surface area contributed by atoms with Crippen LogP contribution >= 0.6 is 15.9 Å². The Bertz CT molecular complexity index is 497. The molecule has 6 heteroatoms. The van der Waals surface area contributed by atoms with E-state index in [1.165, 1.54) is 12.1 Å². The Hall–Kier alpha value is -1.61. The molecule has 1 rings (SSSR count). The predicted molar refractivity (Wildman–Crippen MR) is 78.1 cm³/mol. The molecular weight excluding hydrogens is 310 g/mol. The Balaban J connectivity index is 3.01. The van der Waals surface area contributed by atoms with Crippen molar-refractivity contribution in [2.45, 2.75) is 20.3 Å².